The van der Waals surface area contributed by atoms with E-state index in [1.165, 1.54) is 33.4 Å². The van der Waals surface area contributed by atoms with Crippen LogP contribution in [0.5, 0.6) is 0 Å². The molecule has 190 valence electrons. The van der Waals surface area contributed by atoms with Crippen LogP contribution < -0.4 is 5.73 Å². The molecule has 0 aromatic heterocycles. The van der Waals surface area contributed by atoms with Gasteiger partial charge in [0.25, 0.3) is 0 Å². The maximum atomic E-state index is 5.69. The fraction of sp³-hybridized carbons (Fsp3) is 0.273. The lowest BCUT2D eigenvalue weighted by Crippen LogP contribution is -1.86. The number of nitrogens with zero attached hydrogens (tertiary/aromatic N) is 2. The van der Waals surface area contributed by atoms with Crippen molar-refractivity contribution >= 4 is 29.9 Å². The molecule has 0 atom stereocenters. The van der Waals surface area contributed by atoms with Gasteiger partial charge in [-0.1, -0.05) is 74.0 Å². The summed E-state index contributed by atoms with van der Waals surface area (Å²) in [6.45, 7) is 16.0. The van der Waals surface area contributed by atoms with Crippen molar-refractivity contribution in [3.63, 3.8) is 0 Å². The molecule has 0 aliphatic carbocycles. The standard InChI is InChI=1S/C21H24N2.C10H13N.C2H6/c1-16(19-11-14-21(23-3)17(2)15-19)7-5-4-6-8-18-9-12-20(22)13-10-18;1-8-4-5-10(7-11-3)9(2)6-8;1-2/h4-5,7,9-15H,3,6,8,22H2,1-2H3;4-7H,1-3H3;1-2H3/b5-4-,16-7+;;. The first-order chi connectivity index (χ1) is 17.3. The van der Waals surface area contributed by atoms with Gasteiger partial charge < -0.3 is 5.73 Å². The first kappa shape index (κ1) is 30.3. The number of aliphatic imine (C=N–C) groups is 2. The third-order valence-electron chi connectivity index (χ3n) is 5.58. The number of rotatable bonds is 7. The Labute approximate surface area is 219 Å². The van der Waals surface area contributed by atoms with E-state index in [2.05, 4.69) is 105 Å². The zero-order valence-corrected chi connectivity index (χ0v) is 23.2. The zero-order valence-electron chi connectivity index (χ0n) is 23.2. The topological polar surface area (TPSA) is 50.7 Å². The molecule has 0 unspecified atom stereocenters. The lowest BCUT2D eigenvalue weighted by molar-refractivity contribution is 1.00. The first-order valence-corrected chi connectivity index (χ1v) is 12.6. The van der Waals surface area contributed by atoms with Crippen molar-refractivity contribution in [2.45, 2.75) is 54.4 Å². The van der Waals surface area contributed by atoms with Crippen molar-refractivity contribution in [1.29, 1.82) is 0 Å². The maximum absolute atomic E-state index is 5.69. The highest BCUT2D eigenvalue weighted by Gasteiger charge is 1.99. The quantitative estimate of drug-likeness (QED) is 0.204. The molecule has 3 nitrogen and oxygen atoms in total. The van der Waals surface area contributed by atoms with Crippen LogP contribution in [-0.4, -0.2) is 20.0 Å². The van der Waals surface area contributed by atoms with E-state index < -0.39 is 0 Å². The summed E-state index contributed by atoms with van der Waals surface area (Å²) >= 11 is 0. The van der Waals surface area contributed by atoms with E-state index >= 15 is 0 Å². The molecule has 0 radical (unpaired) electrons. The minimum absolute atomic E-state index is 0.816. The molecule has 0 aliphatic rings. The number of nitrogens with two attached hydrogens (primary N) is 1. The Balaban J connectivity index is 0.000000417. The van der Waals surface area contributed by atoms with Crippen LogP contribution in [0.25, 0.3) is 5.57 Å². The molecule has 0 bridgehead atoms. The highest BCUT2D eigenvalue weighted by atomic mass is 14.7. The Hall–Kier alpha value is -3.72. The predicted molar refractivity (Wildman–Crippen MR) is 163 cm³/mol. The van der Waals surface area contributed by atoms with Gasteiger partial charge in [0.15, 0.2) is 0 Å². The van der Waals surface area contributed by atoms with Gasteiger partial charge in [-0.15, -0.1) is 0 Å². The van der Waals surface area contributed by atoms with Gasteiger partial charge in [-0.05, 0) is 105 Å². The highest BCUT2D eigenvalue weighted by molar-refractivity contribution is 5.81. The largest absolute Gasteiger partial charge is 0.399 e. The maximum Gasteiger partial charge on any atom is 0.0651 e. The van der Waals surface area contributed by atoms with Crippen molar-refractivity contribution in [2.75, 3.05) is 12.8 Å². The number of aryl methyl sites for hydroxylation is 4. The number of benzene rings is 3. The number of hydrogen-bond donors (Lipinski definition) is 1. The summed E-state index contributed by atoms with van der Waals surface area (Å²) in [5.74, 6) is 0. The molecule has 0 saturated carbocycles. The molecule has 3 aromatic carbocycles. The van der Waals surface area contributed by atoms with Crippen LogP contribution in [-0.2, 0) is 6.42 Å². The molecule has 3 aromatic rings. The van der Waals surface area contributed by atoms with Crippen molar-refractivity contribution in [2.24, 2.45) is 9.98 Å². The van der Waals surface area contributed by atoms with Crippen LogP contribution in [0.2, 0.25) is 0 Å². The van der Waals surface area contributed by atoms with Crippen LogP contribution in [0.4, 0.5) is 11.4 Å². The van der Waals surface area contributed by atoms with Crippen LogP contribution in [0.15, 0.2) is 88.9 Å². The summed E-state index contributed by atoms with van der Waals surface area (Å²) in [5.41, 5.74) is 16.2. The number of allylic oxidation sites excluding steroid dienone is 4. The monoisotopic (exact) mass is 481 g/mol. The van der Waals surface area contributed by atoms with Crippen LogP contribution in [0, 0.1) is 20.8 Å². The van der Waals surface area contributed by atoms with E-state index in [1.54, 1.807) is 7.05 Å². The molecule has 0 saturated heterocycles. The van der Waals surface area contributed by atoms with E-state index in [-0.39, 0.29) is 0 Å². The summed E-state index contributed by atoms with van der Waals surface area (Å²) in [4.78, 5) is 7.97. The molecule has 2 N–H and O–H groups in total. The Morgan fingerprint density at radius 1 is 0.917 bits per heavy atom. The average Bonchev–Trinajstić information content (AvgIpc) is 2.88. The molecule has 3 rings (SSSR count). The van der Waals surface area contributed by atoms with Gasteiger partial charge >= 0.3 is 0 Å². The van der Waals surface area contributed by atoms with E-state index in [9.17, 15) is 0 Å². The Morgan fingerprint density at radius 3 is 2.19 bits per heavy atom. The normalized spacial score (nSPS) is 11.0. The van der Waals surface area contributed by atoms with Gasteiger partial charge in [0.2, 0.25) is 0 Å². The smallest absolute Gasteiger partial charge is 0.0651 e. The molecule has 0 amide bonds. The first-order valence-electron chi connectivity index (χ1n) is 12.6. The van der Waals surface area contributed by atoms with E-state index in [1.807, 2.05) is 38.3 Å². The molecule has 0 aliphatic heterocycles. The lowest BCUT2D eigenvalue weighted by Gasteiger charge is -2.04. The SMILES string of the molecule is C=Nc1ccc(/C(C)=C/C=C\CCc2ccc(N)cc2)cc1C.CC.CN=Cc1ccc(C)cc1C. The third-order valence-corrected chi connectivity index (χ3v) is 5.58. The van der Waals surface area contributed by atoms with Gasteiger partial charge in [0, 0.05) is 18.9 Å². The Morgan fingerprint density at radius 2 is 1.61 bits per heavy atom. The number of anilines is 1. The van der Waals surface area contributed by atoms with Crippen molar-refractivity contribution < 1.29 is 0 Å². The minimum atomic E-state index is 0.816. The molecular weight excluding hydrogens is 438 g/mol. The van der Waals surface area contributed by atoms with Crippen molar-refractivity contribution in [3.05, 3.63) is 112 Å². The highest BCUT2D eigenvalue weighted by Crippen LogP contribution is 2.23. The van der Waals surface area contributed by atoms with E-state index in [0.29, 0.717) is 0 Å². The summed E-state index contributed by atoms with van der Waals surface area (Å²) in [6, 6.07) is 20.7. The van der Waals surface area contributed by atoms with Crippen molar-refractivity contribution in [3.8, 4) is 0 Å². The van der Waals surface area contributed by atoms with Crippen molar-refractivity contribution in [1.82, 2.24) is 0 Å². The summed E-state index contributed by atoms with van der Waals surface area (Å²) in [7, 11) is 1.79. The predicted octanol–water partition coefficient (Wildman–Crippen LogP) is 8.88. The Bertz CT molecular complexity index is 1170. The zero-order chi connectivity index (χ0) is 26.9. The second-order valence-electron chi connectivity index (χ2n) is 8.46. The molecular formula is C33H43N3. The molecule has 0 spiro atoms. The second kappa shape index (κ2) is 16.8. The van der Waals surface area contributed by atoms with E-state index in [0.717, 1.165) is 29.8 Å². The number of hydrogen-bond acceptors (Lipinski definition) is 3. The van der Waals surface area contributed by atoms with Crippen LogP contribution >= 0.6 is 0 Å². The second-order valence-corrected chi connectivity index (χ2v) is 8.46. The molecule has 36 heavy (non-hydrogen) atoms. The summed E-state index contributed by atoms with van der Waals surface area (Å²) < 4.78 is 0. The van der Waals surface area contributed by atoms with E-state index in [4.69, 9.17) is 5.73 Å². The lowest BCUT2D eigenvalue weighted by atomic mass is 10.0. The summed E-state index contributed by atoms with van der Waals surface area (Å²) in [6.07, 6.45) is 10.4. The average molecular weight is 482 g/mol. The number of nitrogen functional groups attached to an aromatic ring is 1. The van der Waals surface area contributed by atoms with Gasteiger partial charge in [-0.25, -0.2) is 0 Å². The van der Waals surface area contributed by atoms with Gasteiger partial charge in [0.05, 0.1) is 5.69 Å². The van der Waals surface area contributed by atoms with Gasteiger partial charge in [-0.3, -0.25) is 9.98 Å². The van der Waals surface area contributed by atoms with Crippen LogP contribution in [0.1, 0.15) is 60.6 Å². The summed E-state index contributed by atoms with van der Waals surface area (Å²) in [5, 5.41) is 0. The molecule has 0 fully saturated rings. The minimum Gasteiger partial charge on any atom is -0.399 e. The fourth-order valence-electron chi connectivity index (χ4n) is 3.53. The third kappa shape index (κ3) is 10.7. The van der Waals surface area contributed by atoms with Gasteiger partial charge in [0.1, 0.15) is 0 Å². The Kier molecular flexibility index (Phi) is 14.2. The van der Waals surface area contributed by atoms with Crippen LogP contribution in [0.3, 0.4) is 0 Å². The molecule has 0 heterocycles. The van der Waals surface area contributed by atoms with Gasteiger partial charge in [-0.2, -0.15) is 0 Å². The molecule has 3 heteroatoms. The fourth-order valence-corrected chi connectivity index (χ4v) is 3.53.